The molecule has 0 amide bonds. The van der Waals surface area contributed by atoms with Crippen molar-refractivity contribution in [3.63, 3.8) is 0 Å². The third kappa shape index (κ3) is 2.67. The maximum atomic E-state index is 10.9. The Balaban J connectivity index is 1.84. The molecule has 0 saturated carbocycles. The van der Waals surface area contributed by atoms with Crippen molar-refractivity contribution >= 4 is 23.0 Å². The summed E-state index contributed by atoms with van der Waals surface area (Å²) in [4.78, 5) is 17.4. The minimum atomic E-state index is -0.947. The largest absolute Gasteiger partial charge is 0.476 e. The van der Waals surface area contributed by atoms with E-state index in [1.165, 1.54) is 29.0 Å². The molecule has 1 aliphatic rings. The number of aromatic nitrogens is 1. The molecule has 2 aromatic rings. The first-order valence-electron chi connectivity index (χ1n) is 6.74. The van der Waals surface area contributed by atoms with E-state index in [-0.39, 0.29) is 5.01 Å². The number of para-hydroxylation sites is 1. The van der Waals surface area contributed by atoms with Crippen LogP contribution in [0, 0.1) is 0 Å². The van der Waals surface area contributed by atoms with Crippen molar-refractivity contribution in [2.24, 2.45) is 0 Å². The highest BCUT2D eigenvalue weighted by Gasteiger charge is 2.17. The summed E-state index contributed by atoms with van der Waals surface area (Å²) in [5.41, 5.74) is 3.47. The summed E-state index contributed by atoms with van der Waals surface area (Å²) in [6.45, 7) is 1.68. The molecular weight excluding hydrogens is 272 g/mol. The highest BCUT2D eigenvalue weighted by atomic mass is 32.1. The molecule has 2 heterocycles. The summed E-state index contributed by atoms with van der Waals surface area (Å²) >= 11 is 1.20. The van der Waals surface area contributed by atoms with Gasteiger partial charge < -0.3 is 10.0 Å². The van der Waals surface area contributed by atoms with Gasteiger partial charge in [0.2, 0.25) is 5.01 Å². The second-order valence-electron chi connectivity index (χ2n) is 4.96. The van der Waals surface area contributed by atoms with Crippen LogP contribution in [0.5, 0.6) is 0 Å². The van der Waals surface area contributed by atoms with Gasteiger partial charge >= 0.3 is 5.97 Å². The van der Waals surface area contributed by atoms with Crippen LogP contribution in [-0.2, 0) is 13.0 Å². The summed E-state index contributed by atoms with van der Waals surface area (Å²) in [6.07, 6.45) is 3.47. The van der Waals surface area contributed by atoms with Crippen LogP contribution >= 0.6 is 11.3 Å². The number of hydrogen-bond donors (Lipinski definition) is 1. The second kappa shape index (κ2) is 5.63. The van der Waals surface area contributed by atoms with E-state index in [0.29, 0.717) is 6.54 Å². The van der Waals surface area contributed by atoms with Gasteiger partial charge in [-0.3, -0.25) is 0 Å². The molecule has 0 radical (unpaired) electrons. The average Bonchev–Trinajstić information content (AvgIpc) is 2.82. The zero-order valence-electron chi connectivity index (χ0n) is 11.1. The zero-order valence-corrected chi connectivity index (χ0v) is 11.9. The fourth-order valence-corrected chi connectivity index (χ4v) is 3.25. The van der Waals surface area contributed by atoms with Crippen LogP contribution in [0.3, 0.4) is 0 Å². The number of aryl methyl sites for hydroxylation is 1. The number of anilines is 1. The lowest BCUT2D eigenvalue weighted by Gasteiger charge is -2.23. The van der Waals surface area contributed by atoms with Crippen molar-refractivity contribution in [3.8, 4) is 0 Å². The van der Waals surface area contributed by atoms with Crippen molar-refractivity contribution in [3.05, 3.63) is 45.9 Å². The summed E-state index contributed by atoms with van der Waals surface area (Å²) in [6, 6.07) is 8.46. The van der Waals surface area contributed by atoms with Gasteiger partial charge in [-0.15, -0.1) is 11.3 Å². The maximum absolute atomic E-state index is 10.9. The second-order valence-corrected chi connectivity index (χ2v) is 5.81. The van der Waals surface area contributed by atoms with E-state index >= 15 is 0 Å². The molecule has 0 spiro atoms. The number of nitrogens with zero attached hydrogens (tertiary/aromatic N) is 2. The van der Waals surface area contributed by atoms with Crippen LogP contribution in [-0.4, -0.2) is 22.6 Å². The number of rotatable bonds is 3. The van der Waals surface area contributed by atoms with Gasteiger partial charge in [-0.05, 0) is 30.9 Å². The Hall–Kier alpha value is -1.88. The first kappa shape index (κ1) is 13.1. The van der Waals surface area contributed by atoms with Crippen LogP contribution in [0.2, 0.25) is 0 Å². The molecule has 0 fully saturated rings. The SMILES string of the molecule is O=C(O)c1nc(CN2CCCCc3ccccc32)cs1. The molecule has 3 rings (SSSR count). The van der Waals surface area contributed by atoms with Crippen molar-refractivity contribution in [2.45, 2.75) is 25.8 Å². The summed E-state index contributed by atoms with van der Waals surface area (Å²) in [5.74, 6) is -0.947. The molecule has 0 atom stereocenters. The molecule has 104 valence electrons. The van der Waals surface area contributed by atoms with E-state index in [4.69, 9.17) is 5.11 Å². The molecule has 0 bridgehead atoms. The Bertz CT molecular complexity index is 624. The van der Waals surface area contributed by atoms with E-state index in [1.807, 2.05) is 5.38 Å². The third-order valence-electron chi connectivity index (χ3n) is 3.54. The van der Waals surface area contributed by atoms with E-state index in [1.54, 1.807) is 0 Å². The number of hydrogen-bond acceptors (Lipinski definition) is 4. The van der Waals surface area contributed by atoms with E-state index in [0.717, 1.165) is 25.1 Å². The van der Waals surface area contributed by atoms with Crippen LogP contribution < -0.4 is 4.90 Å². The molecule has 20 heavy (non-hydrogen) atoms. The lowest BCUT2D eigenvalue weighted by atomic mass is 10.1. The Morgan fingerprint density at radius 1 is 1.35 bits per heavy atom. The summed E-state index contributed by atoms with van der Waals surface area (Å²) in [5, 5.41) is 11.0. The Kier molecular flexibility index (Phi) is 3.69. The summed E-state index contributed by atoms with van der Waals surface area (Å²) in [7, 11) is 0. The van der Waals surface area contributed by atoms with Gasteiger partial charge in [0.15, 0.2) is 0 Å². The fourth-order valence-electron chi connectivity index (χ4n) is 2.61. The Morgan fingerprint density at radius 3 is 3.00 bits per heavy atom. The van der Waals surface area contributed by atoms with Crippen LogP contribution in [0.1, 0.15) is 33.9 Å². The molecule has 0 unspecified atom stereocenters. The maximum Gasteiger partial charge on any atom is 0.365 e. The number of aromatic carboxylic acids is 1. The number of carboxylic acids is 1. The van der Waals surface area contributed by atoms with E-state index < -0.39 is 5.97 Å². The Morgan fingerprint density at radius 2 is 2.20 bits per heavy atom. The number of fused-ring (bicyclic) bond motifs is 1. The third-order valence-corrected chi connectivity index (χ3v) is 4.42. The minimum absolute atomic E-state index is 0.170. The van der Waals surface area contributed by atoms with Gasteiger partial charge in [0.05, 0.1) is 12.2 Å². The van der Waals surface area contributed by atoms with Crippen LogP contribution in [0.15, 0.2) is 29.6 Å². The first-order valence-corrected chi connectivity index (χ1v) is 7.62. The van der Waals surface area contributed by atoms with Gasteiger partial charge in [-0.25, -0.2) is 9.78 Å². The van der Waals surface area contributed by atoms with Crippen molar-refractivity contribution < 1.29 is 9.90 Å². The minimum Gasteiger partial charge on any atom is -0.476 e. The smallest absolute Gasteiger partial charge is 0.365 e. The van der Waals surface area contributed by atoms with Crippen LogP contribution in [0.25, 0.3) is 0 Å². The van der Waals surface area contributed by atoms with E-state index in [9.17, 15) is 4.79 Å². The average molecular weight is 288 g/mol. The normalized spacial score (nSPS) is 14.7. The van der Waals surface area contributed by atoms with Gasteiger partial charge in [0.25, 0.3) is 0 Å². The molecule has 1 aromatic carbocycles. The number of benzene rings is 1. The predicted octanol–water partition coefficient (Wildman–Crippen LogP) is 3.18. The standard InChI is InChI=1S/C15H16N2O2S/c18-15(19)14-16-12(10-20-14)9-17-8-4-3-6-11-5-1-2-7-13(11)17/h1-2,5,7,10H,3-4,6,8-9H2,(H,18,19). The molecular formula is C15H16N2O2S. The van der Waals surface area contributed by atoms with Crippen molar-refractivity contribution in [1.82, 2.24) is 4.98 Å². The first-order chi connectivity index (χ1) is 9.74. The number of carbonyl (C=O) groups is 1. The lowest BCUT2D eigenvalue weighted by molar-refractivity contribution is 0.0696. The number of carboxylic acid groups (broad SMARTS) is 1. The fraction of sp³-hybridized carbons (Fsp3) is 0.333. The van der Waals surface area contributed by atoms with Gasteiger partial charge in [0, 0.05) is 17.6 Å². The van der Waals surface area contributed by atoms with Crippen LogP contribution in [0.4, 0.5) is 5.69 Å². The Labute approximate surface area is 121 Å². The monoisotopic (exact) mass is 288 g/mol. The van der Waals surface area contributed by atoms with Crippen molar-refractivity contribution in [2.75, 3.05) is 11.4 Å². The zero-order chi connectivity index (χ0) is 13.9. The summed E-state index contributed by atoms with van der Waals surface area (Å²) < 4.78 is 0. The molecule has 5 heteroatoms. The topological polar surface area (TPSA) is 53.4 Å². The van der Waals surface area contributed by atoms with Crippen molar-refractivity contribution in [1.29, 1.82) is 0 Å². The molecule has 0 aliphatic carbocycles. The number of thiazole rings is 1. The molecule has 1 aromatic heterocycles. The highest BCUT2D eigenvalue weighted by Crippen LogP contribution is 2.27. The molecule has 1 N–H and O–H groups in total. The lowest BCUT2D eigenvalue weighted by Crippen LogP contribution is -2.23. The van der Waals surface area contributed by atoms with Gasteiger partial charge in [-0.2, -0.15) is 0 Å². The van der Waals surface area contributed by atoms with E-state index in [2.05, 4.69) is 34.1 Å². The molecule has 1 aliphatic heterocycles. The molecule has 4 nitrogen and oxygen atoms in total. The predicted molar refractivity (Wildman–Crippen MR) is 79.5 cm³/mol. The quantitative estimate of drug-likeness (QED) is 0.942. The van der Waals surface area contributed by atoms with Gasteiger partial charge in [0.1, 0.15) is 0 Å². The highest BCUT2D eigenvalue weighted by molar-refractivity contribution is 7.11. The van der Waals surface area contributed by atoms with Gasteiger partial charge in [-0.1, -0.05) is 18.2 Å². The molecule has 0 saturated heterocycles.